The third-order valence-electron chi connectivity index (χ3n) is 3.92. The highest BCUT2D eigenvalue weighted by atomic mass is 15.6. The standard InChI is InChI=1S/C14H18N4/c1-16-4-6-17(7-5-16)18-10-13-3-2-12(9-15)8-14(13)11-18/h2-3,8H,4-7,10-11H2,1H3. The fourth-order valence-corrected chi connectivity index (χ4v) is 2.72. The quantitative estimate of drug-likeness (QED) is 0.736. The normalized spacial score (nSPS) is 21.8. The Morgan fingerprint density at radius 1 is 1.00 bits per heavy atom. The van der Waals surface area contributed by atoms with E-state index < -0.39 is 0 Å². The summed E-state index contributed by atoms with van der Waals surface area (Å²) in [6.07, 6.45) is 0. The van der Waals surface area contributed by atoms with E-state index >= 15 is 0 Å². The minimum Gasteiger partial charge on any atom is -0.304 e. The first kappa shape index (κ1) is 11.7. The molecule has 0 spiro atoms. The van der Waals surface area contributed by atoms with Crippen molar-refractivity contribution in [2.24, 2.45) is 0 Å². The molecule has 0 N–H and O–H groups in total. The minimum atomic E-state index is 0.772. The van der Waals surface area contributed by atoms with Crippen LogP contribution in [0.25, 0.3) is 0 Å². The highest BCUT2D eigenvalue weighted by Gasteiger charge is 2.26. The molecule has 1 aromatic rings. The van der Waals surface area contributed by atoms with Gasteiger partial charge in [0.05, 0.1) is 11.6 Å². The number of piperazine rings is 1. The van der Waals surface area contributed by atoms with Crippen molar-refractivity contribution in [1.82, 2.24) is 14.9 Å². The fourth-order valence-electron chi connectivity index (χ4n) is 2.72. The lowest BCUT2D eigenvalue weighted by Gasteiger charge is -2.38. The first-order chi connectivity index (χ1) is 8.76. The zero-order valence-electron chi connectivity index (χ0n) is 10.8. The second kappa shape index (κ2) is 4.69. The third-order valence-corrected chi connectivity index (χ3v) is 3.92. The van der Waals surface area contributed by atoms with Gasteiger partial charge in [-0.25, -0.2) is 10.0 Å². The van der Waals surface area contributed by atoms with E-state index in [1.807, 2.05) is 12.1 Å². The smallest absolute Gasteiger partial charge is 0.0991 e. The van der Waals surface area contributed by atoms with E-state index in [2.05, 4.69) is 34.1 Å². The van der Waals surface area contributed by atoms with Crippen LogP contribution in [-0.4, -0.2) is 48.1 Å². The molecular weight excluding hydrogens is 224 g/mol. The second-order valence-corrected chi connectivity index (χ2v) is 5.17. The van der Waals surface area contributed by atoms with E-state index in [1.54, 1.807) is 0 Å². The average molecular weight is 242 g/mol. The molecular formula is C14H18N4. The molecule has 2 aliphatic heterocycles. The Hall–Kier alpha value is -1.41. The maximum absolute atomic E-state index is 8.93. The van der Waals surface area contributed by atoms with E-state index in [9.17, 15) is 0 Å². The monoisotopic (exact) mass is 242 g/mol. The van der Waals surface area contributed by atoms with E-state index in [1.165, 1.54) is 11.1 Å². The first-order valence-electron chi connectivity index (χ1n) is 6.46. The molecule has 2 heterocycles. The molecule has 1 fully saturated rings. The van der Waals surface area contributed by atoms with Crippen LogP contribution in [0.15, 0.2) is 18.2 Å². The van der Waals surface area contributed by atoms with Crippen LogP contribution < -0.4 is 0 Å². The van der Waals surface area contributed by atoms with Gasteiger partial charge >= 0.3 is 0 Å². The van der Waals surface area contributed by atoms with Gasteiger partial charge in [-0.3, -0.25) is 0 Å². The molecule has 4 nitrogen and oxygen atoms in total. The van der Waals surface area contributed by atoms with Gasteiger partial charge in [-0.2, -0.15) is 5.26 Å². The van der Waals surface area contributed by atoms with Gasteiger partial charge in [0.2, 0.25) is 0 Å². The van der Waals surface area contributed by atoms with Crippen LogP contribution in [0.4, 0.5) is 0 Å². The van der Waals surface area contributed by atoms with Crippen molar-refractivity contribution in [3.63, 3.8) is 0 Å². The lowest BCUT2D eigenvalue weighted by atomic mass is 10.1. The zero-order chi connectivity index (χ0) is 12.5. The third kappa shape index (κ3) is 2.13. The minimum absolute atomic E-state index is 0.772. The Morgan fingerprint density at radius 2 is 1.72 bits per heavy atom. The fraction of sp³-hybridized carbons (Fsp3) is 0.500. The van der Waals surface area contributed by atoms with Gasteiger partial charge in [0.1, 0.15) is 0 Å². The molecule has 0 unspecified atom stereocenters. The summed E-state index contributed by atoms with van der Waals surface area (Å²) in [5, 5.41) is 13.8. The van der Waals surface area contributed by atoms with Crippen molar-refractivity contribution < 1.29 is 0 Å². The summed E-state index contributed by atoms with van der Waals surface area (Å²) >= 11 is 0. The van der Waals surface area contributed by atoms with Gasteiger partial charge in [0.25, 0.3) is 0 Å². The van der Waals surface area contributed by atoms with Crippen molar-refractivity contribution in [2.75, 3.05) is 33.2 Å². The average Bonchev–Trinajstić information content (AvgIpc) is 2.82. The lowest BCUT2D eigenvalue weighted by molar-refractivity contribution is -0.0581. The number of hydrogen-bond donors (Lipinski definition) is 0. The Morgan fingerprint density at radius 3 is 2.44 bits per heavy atom. The van der Waals surface area contributed by atoms with E-state index in [0.717, 1.165) is 44.8 Å². The first-order valence-corrected chi connectivity index (χ1v) is 6.46. The summed E-state index contributed by atoms with van der Waals surface area (Å²) in [6, 6.07) is 8.28. The summed E-state index contributed by atoms with van der Waals surface area (Å²) < 4.78 is 0. The van der Waals surface area contributed by atoms with Crippen LogP contribution in [0.1, 0.15) is 16.7 Å². The molecule has 0 atom stereocenters. The number of hydrogen-bond acceptors (Lipinski definition) is 4. The van der Waals surface area contributed by atoms with Crippen molar-refractivity contribution in [1.29, 1.82) is 5.26 Å². The number of rotatable bonds is 1. The summed E-state index contributed by atoms with van der Waals surface area (Å²) in [5.41, 5.74) is 3.45. The molecule has 0 aromatic heterocycles. The van der Waals surface area contributed by atoms with Gasteiger partial charge in [-0.05, 0) is 30.3 Å². The Labute approximate surface area is 108 Å². The molecule has 0 aliphatic carbocycles. The Bertz CT molecular complexity index is 483. The van der Waals surface area contributed by atoms with Gasteiger partial charge in [-0.15, -0.1) is 0 Å². The Balaban J connectivity index is 1.71. The molecule has 3 rings (SSSR count). The van der Waals surface area contributed by atoms with Crippen LogP contribution >= 0.6 is 0 Å². The molecule has 0 radical (unpaired) electrons. The van der Waals surface area contributed by atoms with E-state index in [-0.39, 0.29) is 0 Å². The molecule has 2 aliphatic rings. The van der Waals surface area contributed by atoms with Crippen LogP contribution in [0.3, 0.4) is 0 Å². The number of benzene rings is 1. The number of nitriles is 1. The van der Waals surface area contributed by atoms with Crippen LogP contribution in [0.2, 0.25) is 0 Å². The van der Waals surface area contributed by atoms with E-state index in [4.69, 9.17) is 5.26 Å². The van der Waals surface area contributed by atoms with Crippen molar-refractivity contribution in [2.45, 2.75) is 13.1 Å². The lowest BCUT2D eigenvalue weighted by Crippen LogP contribution is -2.50. The second-order valence-electron chi connectivity index (χ2n) is 5.17. The highest BCUT2D eigenvalue weighted by Crippen LogP contribution is 2.25. The number of likely N-dealkylation sites (N-methyl/N-ethyl adjacent to an activating group) is 1. The van der Waals surface area contributed by atoms with Gasteiger partial charge in [0, 0.05) is 39.3 Å². The molecule has 18 heavy (non-hydrogen) atoms. The van der Waals surface area contributed by atoms with Crippen molar-refractivity contribution in [3.8, 4) is 6.07 Å². The van der Waals surface area contributed by atoms with Gasteiger partial charge < -0.3 is 4.90 Å². The number of nitrogens with zero attached hydrogens (tertiary/aromatic N) is 4. The van der Waals surface area contributed by atoms with Gasteiger partial charge in [-0.1, -0.05) is 6.07 Å². The van der Waals surface area contributed by atoms with Crippen LogP contribution in [0, 0.1) is 11.3 Å². The van der Waals surface area contributed by atoms with E-state index in [0.29, 0.717) is 0 Å². The van der Waals surface area contributed by atoms with Gasteiger partial charge in [0.15, 0.2) is 0 Å². The molecule has 1 saturated heterocycles. The Kier molecular flexibility index (Phi) is 3.04. The molecule has 0 saturated carbocycles. The zero-order valence-corrected chi connectivity index (χ0v) is 10.8. The van der Waals surface area contributed by atoms with Crippen LogP contribution in [-0.2, 0) is 13.1 Å². The highest BCUT2D eigenvalue weighted by molar-refractivity contribution is 5.39. The number of fused-ring (bicyclic) bond motifs is 1. The molecule has 0 amide bonds. The SMILES string of the molecule is CN1CCN(N2Cc3ccc(C#N)cc3C2)CC1. The molecule has 94 valence electrons. The summed E-state index contributed by atoms with van der Waals surface area (Å²) in [5.74, 6) is 0. The molecule has 4 heteroatoms. The summed E-state index contributed by atoms with van der Waals surface area (Å²) in [4.78, 5) is 2.37. The van der Waals surface area contributed by atoms with Crippen molar-refractivity contribution in [3.05, 3.63) is 34.9 Å². The largest absolute Gasteiger partial charge is 0.304 e. The topological polar surface area (TPSA) is 33.5 Å². The molecule has 0 bridgehead atoms. The number of hydrazine groups is 1. The maximum Gasteiger partial charge on any atom is 0.0991 e. The maximum atomic E-state index is 8.93. The van der Waals surface area contributed by atoms with Crippen molar-refractivity contribution >= 4 is 0 Å². The molecule has 1 aromatic carbocycles. The predicted molar refractivity (Wildman–Crippen MR) is 69.5 cm³/mol. The predicted octanol–water partition coefficient (Wildman–Crippen LogP) is 1.04. The van der Waals surface area contributed by atoms with Crippen LogP contribution in [0.5, 0.6) is 0 Å². The summed E-state index contributed by atoms with van der Waals surface area (Å²) in [7, 11) is 2.18. The summed E-state index contributed by atoms with van der Waals surface area (Å²) in [6.45, 7) is 6.43.